The van der Waals surface area contributed by atoms with Gasteiger partial charge in [0.05, 0.1) is 9.95 Å². The van der Waals surface area contributed by atoms with Gasteiger partial charge in [0.15, 0.2) is 0 Å². The molecule has 1 N–H and O–H groups in total. The minimum atomic E-state index is -0.574. The summed E-state index contributed by atoms with van der Waals surface area (Å²) >= 11 is 9.21. The summed E-state index contributed by atoms with van der Waals surface area (Å²) in [5.41, 5.74) is -0.242. The summed E-state index contributed by atoms with van der Waals surface area (Å²) < 4.78 is 5.90. The van der Waals surface area contributed by atoms with Gasteiger partial charge >= 0.3 is 5.69 Å². The zero-order chi connectivity index (χ0) is 14.7. The van der Waals surface area contributed by atoms with Gasteiger partial charge in [-0.2, -0.15) is 0 Å². The molecule has 0 aliphatic rings. The second kappa shape index (κ2) is 6.02. The lowest BCUT2D eigenvalue weighted by molar-refractivity contribution is -0.385. The van der Waals surface area contributed by atoms with Gasteiger partial charge in [0.25, 0.3) is 0 Å². The molecule has 20 heavy (non-hydrogen) atoms. The van der Waals surface area contributed by atoms with E-state index < -0.39 is 4.92 Å². The largest absolute Gasteiger partial charge is 0.429 e. The number of nitro benzene ring substituents is 1. The summed E-state index contributed by atoms with van der Waals surface area (Å²) in [5.74, 6) is 0.547. The zero-order valence-electron chi connectivity index (χ0n) is 10.1. The van der Waals surface area contributed by atoms with E-state index in [2.05, 4.69) is 31.2 Å². The molecule has 0 saturated heterocycles. The maximum absolute atomic E-state index is 11.0. The molecule has 2 aromatic rings. The Labute approximate surface area is 127 Å². The van der Waals surface area contributed by atoms with E-state index in [0.29, 0.717) is 10.3 Å². The molecule has 0 radical (unpaired) electrons. The van der Waals surface area contributed by atoms with Gasteiger partial charge in [-0.1, -0.05) is 17.7 Å². The van der Waals surface area contributed by atoms with Crippen molar-refractivity contribution in [3.8, 4) is 11.6 Å². The number of benzene rings is 1. The van der Waals surface area contributed by atoms with Crippen LogP contribution in [0.1, 0.15) is 0 Å². The summed E-state index contributed by atoms with van der Waals surface area (Å²) in [6, 6.07) is 4.27. The average Bonchev–Trinajstić information content (AvgIpc) is 2.42. The molecule has 7 nitrogen and oxygen atoms in total. The molecule has 1 aromatic carbocycles. The molecule has 0 unspecified atom stereocenters. The van der Waals surface area contributed by atoms with Crippen molar-refractivity contribution in [2.45, 2.75) is 0 Å². The van der Waals surface area contributed by atoms with Crippen LogP contribution < -0.4 is 10.1 Å². The van der Waals surface area contributed by atoms with E-state index in [-0.39, 0.29) is 22.3 Å². The first-order valence-corrected chi connectivity index (χ1v) is 6.50. The average molecular weight is 360 g/mol. The third kappa shape index (κ3) is 2.81. The highest BCUT2D eigenvalue weighted by molar-refractivity contribution is 9.10. The zero-order valence-corrected chi connectivity index (χ0v) is 12.5. The Morgan fingerprint density at radius 3 is 2.85 bits per heavy atom. The van der Waals surface area contributed by atoms with Gasteiger partial charge in [0, 0.05) is 13.1 Å². The van der Waals surface area contributed by atoms with Crippen LogP contribution in [0.25, 0.3) is 0 Å². The highest BCUT2D eigenvalue weighted by Crippen LogP contribution is 2.40. The number of nitro groups is 1. The first kappa shape index (κ1) is 14.5. The number of hydrogen-bond donors (Lipinski definition) is 1. The minimum Gasteiger partial charge on any atom is -0.429 e. The van der Waals surface area contributed by atoms with Crippen LogP contribution in [0, 0.1) is 10.1 Å². The van der Waals surface area contributed by atoms with E-state index in [4.69, 9.17) is 16.3 Å². The quantitative estimate of drug-likeness (QED) is 0.662. The van der Waals surface area contributed by atoms with Crippen LogP contribution in [0.2, 0.25) is 5.02 Å². The lowest BCUT2D eigenvalue weighted by atomic mass is 10.3. The number of aromatic nitrogens is 2. The summed E-state index contributed by atoms with van der Waals surface area (Å²) in [6.07, 6.45) is 1.27. The van der Waals surface area contributed by atoms with E-state index in [1.807, 2.05) is 0 Å². The van der Waals surface area contributed by atoms with Crippen LogP contribution in [0.15, 0.2) is 29.0 Å². The first-order valence-electron chi connectivity index (χ1n) is 5.33. The Kier molecular flexibility index (Phi) is 4.35. The maximum atomic E-state index is 11.0. The molecule has 0 spiro atoms. The minimum absolute atomic E-state index is 0.0689. The Morgan fingerprint density at radius 1 is 1.45 bits per heavy atom. The Balaban J connectivity index is 2.48. The predicted octanol–water partition coefficient (Wildman–Crippen LogP) is 3.63. The van der Waals surface area contributed by atoms with Crippen molar-refractivity contribution in [2.75, 3.05) is 12.4 Å². The Hall–Kier alpha value is -1.93. The van der Waals surface area contributed by atoms with E-state index in [1.165, 1.54) is 24.5 Å². The van der Waals surface area contributed by atoms with Crippen molar-refractivity contribution in [1.82, 2.24) is 9.97 Å². The second-order valence-electron chi connectivity index (χ2n) is 3.54. The van der Waals surface area contributed by atoms with Crippen molar-refractivity contribution in [3.05, 3.63) is 44.1 Å². The molecule has 0 amide bonds. The third-order valence-electron chi connectivity index (χ3n) is 2.34. The molecule has 1 heterocycles. The van der Waals surface area contributed by atoms with Gasteiger partial charge < -0.3 is 10.1 Å². The van der Waals surface area contributed by atoms with E-state index >= 15 is 0 Å². The molecule has 2 rings (SSSR count). The topological polar surface area (TPSA) is 90.2 Å². The molecule has 9 heteroatoms. The van der Waals surface area contributed by atoms with Crippen LogP contribution >= 0.6 is 27.5 Å². The first-order chi connectivity index (χ1) is 9.54. The number of nitrogens with one attached hydrogen (secondary N) is 1. The molecular formula is C11H8BrClN4O3. The molecule has 0 aliphatic carbocycles. The fourth-order valence-electron chi connectivity index (χ4n) is 1.44. The normalized spacial score (nSPS) is 10.2. The monoisotopic (exact) mass is 358 g/mol. The van der Waals surface area contributed by atoms with Gasteiger partial charge in [-0.15, -0.1) is 0 Å². The maximum Gasteiger partial charge on any atom is 0.313 e. The molecule has 0 aliphatic heterocycles. The molecule has 0 fully saturated rings. The van der Waals surface area contributed by atoms with Crippen molar-refractivity contribution in [3.63, 3.8) is 0 Å². The standard InChI is InChI=1S/C11H8BrClN4O3/c1-14-10-8(12)11(16-5-15-10)20-9-6(13)3-2-4-7(9)17(18)19/h2-5H,1H3,(H,14,15,16). The van der Waals surface area contributed by atoms with Crippen LogP contribution in [-0.4, -0.2) is 21.9 Å². The number of hydrogen-bond acceptors (Lipinski definition) is 6. The highest BCUT2D eigenvalue weighted by atomic mass is 79.9. The number of nitrogens with zero attached hydrogens (tertiary/aromatic N) is 3. The number of rotatable bonds is 4. The fraction of sp³-hybridized carbons (Fsp3) is 0.0909. The van der Waals surface area contributed by atoms with Gasteiger partial charge in [0.2, 0.25) is 11.6 Å². The van der Waals surface area contributed by atoms with E-state index in [1.54, 1.807) is 7.05 Å². The molecule has 1 aromatic heterocycles. The van der Waals surface area contributed by atoms with Crippen molar-refractivity contribution >= 4 is 39.0 Å². The molecule has 0 atom stereocenters. The van der Waals surface area contributed by atoms with E-state index in [0.717, 1.165) is 0 Å². The summed E-state index contributed by atoms with van der Waals surface area (Å²) in [5, 5.41) is 13.9. The Morgan fingerprint density at radius 2 is 2.20 bits per heavy atom. The fourth-order valence-corrected chi connectivity index (χ4v) is 2.13. The van der Waals surface area contributed by atoms with Gasteiger partial charge in [0.1, 0.15) is 16.6 Å². The number of ether oxygens (including phenoxy) is 1. The lowest BCUT2D eigenvalue weighted by Gasteiger charge is -2.10. The van der Waals surface area contributed by atoms with Gasteiger partial charge in [-0.05, 0) is 22.0 Å². The summed E-state index contributed by atoms with van der Waals surface area (Å²) in [4.78, 5) is 18.3. The van der Waals surface area contributed by atoms with Crippen molar-refractivity contribution in [1.29, 1.82) is 0 Å². The SMILES string of the molecule is CNc1ncnc(Oc2c(Cl)cccc2[N+](=O)[O-])c1Br. The van der Waals surface area contributed by atoms with Crippen LogP contribution in [0.4, 0.5) is 11.5 Å². The van der Waals surface area contributed by atoms with Gasteiger partial charge in [-0.25, -0.2) is 9.97 Å². The molecule has 104 valence electrons. The highest BCUT2D eigenvalue weighted by Gasteiger charge is 2.21. The summed E-state index contributed by atoms with van der Waals surface area (Å²) in [7, 11) is 1.68. The van der Waals surface area contributed by atoms with Crippen molar-refractivity contribution < 1.29 is 9.66 Å². The number of halogens is 2. The van der Waals surface area contributed by atoms with E-state index in [9.17, 15) is 10.1 Å². The van der Waals surface area contributed by atoms with Gasteiger partial charge in [-0.3, -0.25) is 10.1 Å². The Bertz CT molecular complexity index is 668. The number of anilines is 1. The lowest BCUT2D eigenvalue weighted by Crippen LogP contribution is -1.99. The van der Waals surface area contributed by atoms with Crippen molar-refractivity contribution in [2.24, 2.45) is 0 Å². The molecule has 0 bridgehead atoms. The molecular weight excluding hydrogens is 352 g/mol. The summed E-state index contributed by atoms with van der Waals surface area (Å²) in [6.45, 7) is 0. The predicted molar refractivity (Wildman–Crippen MR) is 77.5 cm³/mol. The van der Waals surface area contributed by atoms with Crippen LogP contribution in [-0.2, 0) is 0 Å². The molecule has 0 saturated carbocycles. The second-order valence-corrected chi connectivity index (χ2v) is 4.74. The third-order valence-corrected chi connectivity index (χ3v) is 3.35. The van der Waals surface area contributed by atoms with Crippen LogP contribution in [0.5, 0.6) is 11.6 Å². The smallest absolute Gasteiger partial charge is 0.313 e. The van der Waals surface area contributed by atoms with Crippen LogP contribution in [0.3, 0.4) is 0 Å². The number of para-hydroxylation sites is 1.